The second-order valence-electron chi connectivity index (χ2n) is 5.50. The maximum atomic E-state index is 10.1. The van der Waals surface area contributed by atoms with E-state index >= 15 is 0 Å². The Kier molecular flexibility index (Phi) is 28.0. The van der Waals surface area contributed by atoms with E-state index < -0.39 is 17.9 Å². The average molecular weight is 484 g/mol. The summed E-state index contributed by atoms with van der Waals surface area (Å²) in [5.74, 6) is -3.49. The summed E-state index contributed by atoms with van der Waals surface area (Å²) in [5.41, 5.74) is 0. The molecule has 0 aliphatic rings. The first-order chi connectivity index (χ1) is 11.2. The maximum Gasteiger partial charge on any atom is 3.00 e. The molecule has 0 amide bonds. The number of carbonyl (C=O) groups is 3. The number of carboxylic acid groups (broad SMARTS) is 3. The number of hydrogen-bond acceptors (Lipinski definition) is 6. The minimum absolute atomic E-state index is 0. The minimum Gasteiger partial charge on any atom is -0.550 e. The van der Waals surface area contributed by atoms with Crippen molar-refractivity contribution >= 4 is 17.9 Å². The van der Waals surface area contributed by atoms with E-state index in [0.29, 0.717) is 38.5 Å². The van der Waals surface area contributed by atoms with Gasteiger partial charge in [-0.25, -0.2) is 0 Å². The van der Waals surface area contributed by atoms with Gasteiger partial charge in [0, 0.05) is 17.9 Å². The Labute approximate surface area is 180 Å². The Morgan fingerprint density at radius 1 is 0.520 bits per heavy atom. The van der Waals surface area contributed by atoms with Crippen molar-refractivity contribution < 1.29 is 65.3 Å². The molecule has 0 heterocycles. The van der Waals surface area contributed by atoms with Crippen LogP contribution in [0.2, 0.25) is 0 Å². The fourth-order valence-corrected chi connectivity index (χ4v) is 1.87. The first-order valence-corrected chi connectivity index (χ1v) is 8.78. The van der Waals surface area contributed by atoms with Gasteiger partial charge >= 0.3 is 35.6 Å². The van der Waals surface area contributed by atoms with Crippen LogP contribution >= 0.6 is 0 Å². The summed E-state index contributed by atoms with van der Waals surface area (Å²) < 4.78 is 0. The van der Waals surface area contributed by atoms with Gasteiger partial charge in [0.1, 0.15) is 0 Å². The van der Waals surface area contributed by atoms with Crippen molar-refractivity contribution in [3.8, 4) is 0 Å². The monoisotopic (exact) mass is 484 g/mol. The molecule has 0 aromatic heterocycles. The predicted octanol–water partition coefficient (Wildman–Crippen LogP) is 0.518. The van der Waals surface area contributed by atoms with Gasteiger partial charge in [0.15, 0.2) is 0 Å². The molecule has 7 heteroatoms. The third-order valence-corrected chi connectivity index (χ3v) is 3.96. The first-order valence-electron chi connectivity index (χ1n) is 8.78. The van der Waals surface area contributed by atoms with Crippen LogP contribution in [0.3, 0.4) is 0 Å². The van der Waals surface area contributed by atoms with Crippen LogP contribution in [-0.2, 0) is 14.4 Å². The van der Waals surface area contributed by atoms with Gasteiger partial charge in [-0.15, -0.1) is 0 Å². The zero-order valence-electron chi connectivity index (χ0n) is 16.5. The molecule has 0 unspecified atom stereocenters. The number of rotatable bonds is 9. The number of hydrogen-bond donors (Lipinski definition) is 0. The maximum absolute atomic E-state index is 10.1. The van der Waals surface area contributed by atoms with E-state index in [1.165, 1.54) is 0 Å². The van der Waals surface area contributed by atoms with Crippen LogP contribution in [0.15, 0.2) is 0 Å². The van der Waals surface area contributed by atoms with Gasteiger partial charge in [0.2, 0.25) is 0 Å². The van der Waals surface area contributed by atoms with Gasteiger partial charge in [0.25, 0.3) is 0 Å². The van der Waals surface area contributed by atoms with Crippen molar-refractivity contribution in [2.24, 2.45) is 17.8 Å². The molecule has 25 heavy (non-hydrogen) atoms. The van der Waals surface area contributed by atoms with Crippen LogP contribution in [0.25, 0.3) is 0 Å². The van der Waals surface area contributed by atoms with Gasteiger partial charge in [-0.05, 0) is 56.3 Å². The molecule has 0 bridgehead atoms. The van der Waals surface area contributed by atoms with Crippen molar-refractivity contribution in [1.82, 2.24) is 0 Å². The summed E-state index contributed by atoms with van der Waals surface area (Å²) >= 11 is 0. The van der Waals surface area contributed by atoms with Crippen LogP contribution in [0, 0.1) is 53.4 Å². The average Bonchev–Trinajstić information content (AvgIpc) is 2.51. The van der Waals surface area contributed by atoms with E-state index in [2.05, 4.69) is 0 Å². The smallest absolute Gasteiger partial charge is 0.550 e. The first kappa shape index (κ1) is 32.3. The number of carboxylic acids is 3. The van der Waals surface area contributed by atoms with Crippen molar-refractivity contribution in [1.29, 1.82) is 0 Å². The Bertz CT molecular complexity index is 282. The molecule has 0 spiro atoms. The zero-order valence-corrected chi connectivity index (χ0v) is 20.1. The molecule has 0 radical (unpaired) electrons. The van der Waals surface area contributed by atoms with Gasteiger partial charge < -0.3 is 29.7 Å². The minimum atomic E-state index is -0.921. The molecular formula is C18H33LaO6. The molecule has 0 atom stereocenters. The summed E-state index contributed by atoms with van der Waals surface area (Å²) in [6, 6.07) is 0. The Balaban J connectivity index is -0.000000130. The third-order valence-electron chi connectivity index (χ3n) is 3.96. The summed E-state index contributed by atoms with van der Waals surface area (Å²) in [7, 11) is 0. The molecule has 0 aliphatic carbocycles. The number of carbonyl (C=O) groups excluding carboxylic acids is 3. The number of aliphatic carboxylic acids is 3. The zero-order chi connectivity index (χ0) is 19.7. The van der Waals surface area contributed by atoms with Crippen molar-refractivity contribution in [2.75, 3.05) is 0 Å². The summed E-state index contributed by atoms with van der Waals surface area (Å²) in [6.45, 7) is 11.1. The molecule has 0 aliphatic heterocycles. The Hall–Kier alpha value is -0.395. The Morgan fingerprint density at radius 3 is 0.640 bits per heavy atom. The largest absolute Gasteiger partial charge is 3.00 e. The third kappa shape index (κ3) is 19.8. The summed E-state index contributed by atoms with van der Waals surface area (Å²) in [6.07, 6.45) is 4.08. The van der Waals surface area contributed by atoms with Crippen LogP contribution in [0.5, 0.6) is 0 Å². The second kappa shape index (κ2) is 21.6. The second-order valence-corrected chi connectivity index (χ2v) is 5.50. The van der Waals surface area contributed by atoms with E-state index in [-0.39, 0.29) is 53.4 Å². The molecule has 0 aromatic rings. The van der Waals surface area contributed by atoms with Gasteiger partial charge in [0.05, 0.1) is 0 Å². The molecule has 0 rings (SSSR count). The molecule has 0 saturated carbocycles. The van der Waals surface area contributed by atoms with E-state index in [1.54, 1.807) is 0 Å². The van der Waals surface area contributed by atoms with Crippen molar-refractivity contribution in [3.05, 3.63) is 0 Å². The van der Waals surface area contributed by atoms with Gasteiger partial charge in [-0.1, -0.05) is 41.5 Å². The molecule has 0 fully saturated rings. The quantitative estimate of drug-likeness (QED) is 0.471. The van der Waals surface area contributed by atoms with E-state index in [9.17, 15) is 29.7 Å². The van der Waals surface area contributed by atoms with Crippen LogP contribution in [0.1, 0.15) is 80.1 Å². The summed E-state index contributed by atoms with van der Waals surface area (Å²) in [5, 5.41) is 30.2. The Morgan fingerprint density at radius 2 is 0.640 bits per heavy atom. The molecule has 0 N–H and O–H groups in total. The fourth-order valence-electron chi connectivity index (χ4n) is 1.87. The standard InChI is InChI=1S/3C6H12O2.La/c3*1-3-5(4-2)6(7)8;/h3*5H,3-4H2,1-2H3,(H,7,8);/q;;;+3/p-3. The van der Waals surface area contributed by atoms with Gasteiger partial charge in [-0.3, -0.25) is 0 Å². The SMILES string of the molecule is CCC(CC)C(=O)[O-].CCC(CC)C(=O)[O-].CCC(CC)C(=O)[O-].[La+3]. The van der Waals surface area contributed by atoms with E-state index in [1.807, 2.05) is 41.5 Å². The molecule has 144 valence electrons. The fraction of sp³-hybridized carbons (Fsp3) is 0.833. The van der Waals surface area contributed by atoms with Crippen LogP contribution in [0.4, 0.5) is 0 Å². The predicted molar refractivity (Wildman–Crippen MR) is 87.2 cm³/mol. The van der Waals surface area contributed by atoms with Crippen LogP contribution < -0.4 is 15.3 Å². The topological polar surface area (TPSA) is 120 Å². The molecular weight excluding hydrogens is 451 g/mol. The van der Waals surface area contributed by atoms with Crippen LogP contribution in [-0.4, -0.2) is 17.9 Å². The molecule has 6 nitrogen and oxygen atoms in total. The van der Waals surface area contributed by atoms with Crippen molar-refractivity contribution in [2.45, 2.75) is 80.1 Å². The van der Waals surface area contributed by atoms with Gasteiger partial charge in [-0.2, -0.15) is 0 Å². The van der Waals surface area contributed by atoms with E-state index in [0.717, 1.165) is 0 Å². The van der Waals surface area contributed by atoms with Crippen molar-refractivity contribution in [3.63, 3.8) is 0 Å². The summed E-state index contributed by atoms with van der Waals surface area (Å²) in [4.78, 5) is 30.2. The van der Waals surface area contributed by atoms with E-state index in [4.69, 9.17) is 0 Å². The normalized spacial score (nSPS) is 9.48. The molecule has 0 saturated heterocycles. The molecule has 0 aromatic carbocycles.